The Morgan fingerprint density at radius 1 is 1.19 bits per heavy atom. The molecular formula is C16H27NO4. The summed E-state index contributed by atoms with van der Waals surface area (Å²) < 4.78 is 5.65. The molecule has 120 valence electrons. The number of ether oxygens (including phenoxy) is 1. The number of amides is 1. The minimum absolute atomic E-state index is 0.0616. The van der Waals surface area contributed by atoms with Crippen LogP contribution in [0.2, 0.25) is 0 Å². The number of rotatable bonds is 5. The molecule has 1 atom stereocenters. The van der Waals surface area contributed by atoms with Gasteiger partial charge in [-0.25, -0.2) is 0 Å². The Hall–Kier alpha value is -1.10. The summed E-state index contributed by atoms with van der Waals surface area (Å²) in [4.78, 5) is 25.7. The second-order valence-electron chi connectivity index (χ2n) is 6.59. The van der Waals surface area contributed by atoms with E-state index in [9.17, 15) is 14.7 Å². The summed E-state index contributed by atoms with van der Waals surface area (Å²) in [6.45, 7) is 1.35. The van der Waals surface area contributed by atoms with E-state index in [1.54, 1.807) is 11.9 Å². The Morgan fingerprint density at radius 3 is 2.48 bits per heavy atom. The van der Waals surface area contributed by atoms with Gasteiger partial charge in [0.1, 0.15) is 0 Å². The van der Waals surface area contributed by atoms with Gasteiger partial charge in [-0.15, -0.1) is 0 Å². The van der Waals surface area contributed by atoms with E-state index >= 15 is 0 Å². The Kier molecular flexibility index (Phi) is 5.62. The van der Waals surface area contributed by atoms with Crippen LogP contribution in [0.3, 0.4) is 0 Å². The molecule has 2 rings (SSSR count). The summed E-state index contributed by atoms with van der Waals surface area (Å²) in [6.07, 6.45) is 7.62. The lowest BCUT2D eigenvalue weighted by atomic mass is 9.71. The summed E-state index contributed by atoms with van der Waals surface area (Å²) in [5.41, 5.74) is -0.836. The quantitative estimate of drug-likeness (QED) is 0.846. The van der Waals surface area contributed by atoms with Crippen molar-refractivity contribution in [2.45, 2.75) is 63.9 Å². The average Bonchev–Trinajstić information content (AvgIpc) is 2.49. The predicted octanol–water partition coefficient (Wildman–Crippen LogP) is 2.44. The van der Waals surface area contributed by atoms with Crippen LogP contribution in [0.5, 0.6) is 0 Å². The number of hydrogen-bond donors (Lipinski definition) is 1. The first-order valence-corrected chi connectivity index (χ1v) is 8.12. The maximum Gasteiger partial charge on any atom is 0.310 e. The van der Waals surface area contributed by atoms with Crippen LogP contribution in [-0.4, -0.2) is 48.2 Å². The predicted molar refractivity (Wildman–Crippen MR) is 79.0 cm³/mol. The van der Waals surface area contributed by atoms with Gasteiger partial charge in [0.25, 0.3) is 0 Å². The van der Waals surface area contributed by atoms with Crippen molar-refractivity contribution in [1.29, 1.82) is 0 Å². The lowest BCUT2D eigenvalue weighted by Gasteiger charge is -2.34. The zero-order valence-corrected chi connectivity index (χ0v) is 13.0. The first-order valence-electron chi connectivity index (χ1n) is 8.12. The van der Waals surface area contributed by atoms with E-state index < -0.39 is 11.4 Å². The van der Waals surface area contributed by atoms with Crippen LogP contribution in [0.1, 0.15) is 57.8 Å². The second-order valence-corrected chi connectivity index (χ2v) is 6.59. The third-order valence-corrected chi connectivity index (χ3v) is 4.93. The Bertz CT molecular complexity index is 370. The molecule has 5 heteroatoms. The van der Waals surface area contributed by atoms with Crippen molar-refractivity contribution in [1.82, 2.24) is 4.90 Å². The normalized spacial score (nSPS) is 25.3. The summed E-state index contributed by atoms with van der Waals surface area (Å²) >= 11 is 0. The molecule has 1 aliphatic carbocycles. The van der Waals surface area contributed by atoms with Crippen molar-refractivity contribution in [2.24, 2.45) is 5.41 Å². The zero-order valence-electron chi connectivity index (χ0n) is 13.0. The fraction of sp³-hybridized carbons (Fsp3) is 0.875. The molecule has 5 nitrogen and oxygen atoms in total. The maximum atomic E-state index is 12.4. The van der Waals surface area contributed by atoms with Gasteiger partial charge < -0.3 is 14.7 Å². The van der Waals surface area contributed by atoms with Crippen LogP contribution in [0.4, 0.5) is 0 Å². The number of nitrogens with zero attached hydrogens (tertiary/aromatic N) is 1. The highest BCUT2D eigenvalue weighted by Gasteiger charge is 2.42. The fourth-order valence-corrected chi connectivity index (χ4v) is 3.48. The Balaban J connectivity index is 1.90. The number of carbonyl (C=O) groups excluding carboxylic acids is 1. The van der Waals surface area contributed by atoms with Crippen molar-refractivity contribution in [3.8, 4) is 0 Å². The number of carbonyl (C=O) groups is 2. The van der Waals surface area contributed by atoms with Crippen LogP contribution >= 0.6 is 0 Å². The van der Waals surface area contributed by atoms with E-state index in [2.05, 4.69) is 0 Å². The number of hydrogen-bond acceptors (Lipinski definition) is 3. The van der Waals surface area contributed by atoms with Crippen molar-refractivity contribution in [2.75, 3.05) is 20.2 Å². The molecule has 2 fully saturated rings. The van der Waals surface area contributed by atoms with Gasteiger partial charge in [0, 0.05) is 26.6 Å². The first kappa shape index (κ1) is 16.3. The third kappa shape index (κ3) is 4.19. The molecule has 1 N–H and O–H groups in total. The van der Waals surface area contributed by atoms with Gasteiger partial charge in [0.15, 0.2) is 0 Å². The molecule has 1 heterocycles. The highest BCUT2D eigenvalue weighted by molar-refractivity contribution is 5.85. The van der Waals surface area contributed by atoms with Gasteiger partial charge in [0.05, 0.1) is 11.5 Å². The van der Waals surface area contributed by atoms with Gasteiger partial charge in [0.2, 0.25) is 5.91 Å². The van der Waals surface area contributed by atoms with Crippen LogP contribution < -0.4 is 0 Å². The molecule has 1 aliphatic heterocycles. The average molecular weight is 297 g/mol. The van der Waals surface area contributed by atoms with Gasteiger partial charge in [-0.1, -0.05) is 19.3 Å². The molecule has 0 aromatic rings. The van der Waals surface area contributed by atoms with E-state index in [1.165, 1.54) is 0 Å². The van der Waals surface area contributed by atoms with Crippen molar-refractivity contribution < 1.29 is 19.4 Å². The number of likely N-dealkylation sites (N-methyl/N-ethyl adjacent to an activating group) is 1. The van der Waals surface area contributed by atoms with Crippen molar-refractivity contribution in [3.05, 3.63) is 0 Å². The topological polar surface area (TPSA) is 66.8 Å². The summed E-state index contributed by atoms with van der Waals surface area (Å²) in [5, 5.41) is 9.55. The highest BCUT2D eigenvalue weighted by atomic mass is 16.5. The molecule has 21 heavy (non-hydrogen) atoms. The molecule has 2 aliphatic rings. The Morgan fingerprint density at radius 2 is 1.90 bits per heavy atom. The molecular weight excluding hydrogens is 270 g/mol. The highest BCUT2D eigenvalue weighted by Crippen LogP contribution is 2.40. The van der Waals surface area contributed by atoms with Crippen LogP contribution in [0.15, 0.2) is 0 Å². The smallest absolute Gasteiger partial charge is 0.310 e. The molecule has 0 spiro atoms. The molecule has 0 aromatic carbocycles. The van der Waals surface area contributed by atoms with Crippen molar-refractivity contribution in [3.63, 3.8) is 0 Å². The van der Waals surface area contributed by atoms with E-state index in [0.29, 0.717) is 19.4 Å². The second kappa shape index (κ2) is 7.25. The molecule has 1 unspecified atom stereocenters. The maximum absolute atomic E-state index is 12.4. The molecule has 1 saturated heterocycles. The van der Waals surface area contributed by atoms with E-state index in [1.807, 2.05) is 0 Å². The lowest BCUT2D eigenvalue weighted by molar-refractivity contribution is -0.156. The summed E-state index contributed by atoms with van der Waals surface area (Å²) in [7, 11) is 1.76. The summed E-state index contributed by atoms with van der Waals surface area (Å²) in [5.74, 6) is -0.869. The number of carboxylic acids is 1. The van der Waals surface area contributed by atoms with Gasteiger partial charge in [-0.05, 0) is 32.1 Å². The lowest BCUT2D eigenvalue weighted by Crippen LogP contribution is -2.42. The largest absolute Gasteiger partial charge is 0.481 e. The third-order valence-electron chi connectivity index (χ3n) is 4.93. The van der Waals surface area contributed by atoms with E-state index in [0.717, 1.165) is 45.1 Å². The number of carboxylic acid groups (broad SMARTS) is 1. The minimum Gasteiger partial charge on any atom is -0.481 e. The summed E-state index contributed by atoms with van der Waals surface area (Å²) in [6, 6.07) is 0. The fourth-order valence-electron chi connectivity index (χ4n) is 3.48. The van der Waals surface area contributed by atoms with Crippen molar-refractivity contribution >= 4 is 11.9 Å². The van der Waals surface area contributed by atoms with E-state index in [4.69, 9.17) is 4.74 Å². The standard InChI is InChI=1S/C16H27NO4/c1-17(12-13-7-3-6-10-21-13)14(18)11-16(15(19)20)8-4-2-5-9-16/h13H,2-12H2,1H3,(H,19,20). The SMILES string of the molecule is CN(CC1CCCCO1)C(=O)CC1(C(=O)O)CCCCC1. The van der Waals surface area contributed by atoms with E-state index in [-0.39, 0.29) is 18.4 Å². The Labute approximate surface area is 126 Å². The van der Waals surface area contributed by atoms with Crippen LogP contribution in [0, 0.1) is 5.41 Å². The molecule has 0 radical (unpaired) electrons. The first-order chi connectivity index (χ1) is 10.0. The zero-order chi connectivity index (χ0) is 15.3. The van der Waals surface area contributed by atoms with Gasteiger partial charge >= 0.3 is 5.97 Å². The van der Waals surface area contributed by atoms with Gasteiger partial charge in [-0.3, -0.25) is 9.59 Å². The van der Waals surface area contributed by atoms with Crippen LogP contribution in [-0.2, 0) is 14.3 Å². The molecule has 0 bridgehead atoms. The monoisotopic (exact) mass is 297 g/mol. The van der Waals surface area contributed by atoms with Gasteiger partial charge in [-0.2, -0.15) is 0 Å². The van der Waals surface area contributed by atoms with Crippen LogP contribution in [0.25, 0.3) is 0 Å². The molecule has 0 aromatic heterocycles. The molecule has 1 amide bonds. The minimum atomic E-state index is -0.836. The molecule has 1 saturated carbocycles. The number of aliphatic carboxylic acids is 1.